The molecule has 0 radical (unpaired) electrons. The summed E-state index contributed by atoms with van der Waals surface area (Å²) in [5, 5.41) is 3.10. The Morgan fingerprint density at radius 2 is 1.95 bits per heavy atom. The molecule has 0 saturated heterocycles. The summed E-state index contributed by atoms with van der Waals surface area (Å²) in [6.45, 7) is 3.76. The van der Waals surface area contributed by atoms with Crippen LogP contribution in [-0.4, -0.2) is 28.2 Å². The first kappa shape index (κ1) is 15.8. The smallest absolute Gasteiger partial charge is 0.322 e. The highest BCUT2D eigenvalue weighted by Crippen LogP contribution is 2.26. The fourth-order valence-electron chi connectivity index (χ4n) is 1.53. The molecular weight excluding hydrogens is 360 g/mol. The molecule has 0 atom stereocenters. The van der Waals surface area contributed by atoms with Gasteiger partial charge in [-0.3, -0.25) is 0 Å². The third-order valence-corrected chi connectivity index (χ3v) is 2.92. The second-order valence-corrected chi connectivity index (χ2v) is 5.64. The van der Waals surface area contributed by atoms with E-state index in [9.17, 15) is 0 Å². The first-order valence-electron chi connectivity index (χ1n) is 6.16. The van der Waals surface area contributed by atoms with Crippen molar-refractivity contribution in [3.8, 4) is 11.8 Å². The SMILES string of the molecule is COc1cc(Br)cc(Nc2nc(Cl)nc(OC(C)C)n2)c1. The molecule has 0 spiro atoms. The van der Waals surface area contributed by atoms with E-state index in [1.165, 1.54) is 0 Å². The molecule has 0 aliphatic heterocycles. The molecule has 1 N–H and O–H groups in total. The molecule has 0 saturated carbocycles. The number of nitrogens with zero attached hydrogens (tertiary/aromatic N) is 3. The molecule has 1 aromatic carbocycles. The van der Waals surface area contributed by atoms with Crippen molar-refractivity contribution >= 4 is 39.2 Å². The van der Waals surface area contributed by atoms with E-state index in [0.717, 1.165) is 10.2 Å². The molecular formula is C13H14BrClN4O2. The Balaban J connectivity index is 2.26. The maximum Gasteiger partial charge on any atom is 0.322 e. The molecule has 0 aliphatic carbocycles. The first-order chi connectivity index (χ1) is 9.96. The Morgan fingerprint density at radius 1 is 1.19 bits per heavy atom. The summed E-state index contributed by atoms with van der Waals surface area (Å²) in [5.41, 5.74) is 0.749. The van der Waals surface area contributed by atoms with Gasteiger partial charge < -0.3 is 14.8 Å². The van der Waals surface area contributed by atoms with Gasteiger partial charge in [0.05, 0.1) is 13.2 Å². The molecule has 21 heavy (non-hydrogen) atoms. The van der Waals surface area contributed by atoms with E-state index in [-0.39, 0.29) is 17.4 Å². The van der Waals surface area contributed by atoms with Crippen LogP contribution in [0.4, 0.5) is 11.6 Å². The Bertz CT molecular complexity index is 640. The van der Waals surface area contributed by atoms with Crippen molar-refractivity contribution in [2.75, 3.05) is 12.4 Å². The summed E-state index contributed by atoms with van der Waals surface area (Å²) >= 11 is 9.28. The van der Waals surface area contributed by atoms with Gasteiger partial charge in [0.15, 0.2) is 0 Å². The molecule has 1 aromatic heterocycles. The predicted molar refractivity (Wildman–Crippen MR) is 84.6 cm³/mol. The number of nitrogens with one attached hydrogen (secondary N) is 1. The highest BCUT2D eigenvalue weighted by molar-refractivity contribution is 9.10. The van der Waals surface area contributed by atoms with Crippen LogP contribution in [0.25, 0.3) is 0 Å². The minimum absolute atomic E-state index is 0.0534. The van der Waals surface area contributed by atoms with Crippen molar-refractivity contribution in [1.82, 2.24) is 15.0 Å². The largest absolute Gasteiger partial charge is 0.497 e. The number of benzene rings is 1. The maximum atomic E-state index is 5.87. The van der Waals surface area contributed by atoms with Crippen LogP contribution in [0.15, 0.2) is 22.7 Å². The molecule has 0 unspecified atom stereocenters. The summed E-state index contributed by atoms with van der Waals surface area (Å²) < 4.78 is 11.5. The lowest BCUT2D eigenvalue weighted by Gasteiger charge is -2.10. The minimum atomic E-state index is -0.0534. The zero-order valence-electron chi connectivity index (χ0n) is 11.7. The number of hydrogen-bond donors (Lipinski definition) is 1. The van der Waals surface area contributed by atoms with Crippen molar-refractivity contribution in [1.29, 1.82) is 0 Å². The topological polar surface area (TPSA) is 69.2 Å². The average Bonchev–Trinajstić information content (AvgIpc) is 2.36. The predicted octanol–water partition coefficient (Wildman–Crippen LogP) is 3.83. The average molecular weight is 374 g/mol. The number of ether oxygens (including phenoxy) is 2. The van der Waals surface area contributed by atoms with Gasteiger partial charge in [-0.1, -0.05) is 15.9 Å². The molecule has 6 nitrogen and oxygen atoms in total. The van der Waals surface area contributed by atoms with Gasteiger partial charge in [-0.15, -0.1) is 0 Å². The lowest BCUT2D eigenvalue weighted by molar-refractivity contribution is 0.222. The standard InChI is InChI=1S/C13H14BrClN4O2/c1-7(2)21-13-18-11(15)17-12(19-13)16-9-4-8(14)5-10(6-9)20-3/h4-7H,1-3H3,(H,16,17,18,19). The van der Waals surface area contributed by atoms with Gasteiger partial charge in [0, 0.05) is 16.2 Å². The van der Waals surface area contributed by atoms with E-state index in [2.05, 4.69) is 36.2 Å². The lowest BCUT2D eigenvalue weighted by atomic mass is 10.3. The number of halogens is 2. The van der Waals surface area contributed by atoms with Crippen LogP contribution in [0.2, 0.25) is 5.28 Å². The Labute approximate surface area is 136 Å². The fraction of sp³-hybridized carbons (Fsp3) is 0.308. The normalized spacial score (nSPS) is 10.6. The number of rotatable bonds is 5. The summed E-state index contributed by atoms with van der Waals surface area (Å²) in [4.78, 5) is 12.1. The van der Waals surface area contributed by atoms with Gasteiger partial charge in [-0.2, -0.15) is 15.0 Å². The Morgan fingerprint density at radius 3 is 2.62 bits per heavy atom. The second kappa shape index (κ2) is 6.91. The van der Waals surface area contributed by atoms with E-state index in [1.54, 1.807) is 7.11 Å². The number of hydrogen-bond acceptors (Lipinski definition) is 6. The van der Waals surface area contributed by atoms with E-state index >= 15 is 0 Å². The molecule has 2 aromatic rings. The summed E-state index contributed by atoms with van der Waals surface area (Å²) in [7, 11) is 1.60. The zero-order valence-corrected chi connectivity index (χ0v) is 14.1. The van der Waals surface area contributed by atoms with E-state index in [1.807, 2.05) is 32.0 Å². The van der Waals surface area contributed by atoms with E-state index in [4.69, 9.17) is 21.1 Å². The fourth-order valence-corrected chi connectivity index (χ4v) is 2.16. The van der Waals surface area contributed by atoms with Gasteiger partial charge in [0.1, 0.15) is 5.75 Å². The van der Waals surface area contributed by atoms with Crippen molar-refractivity contribution in [3.63, 3.8) is 0 Å². The maximum absolute atomic E-state index is 5.87. The molecule has 8 heteroatoms. The molecule has 1 heterocycles. The molecule has 0 bridgehead atoms. The van der Waals surface area contributed by atoms with Gasteiger partial charge in [-0.25, -0.2) is 0 Å². The first-order valence-corrected chi connectivity index (χ1v) is 7.33. The van der Waals surface area contributed by atoms with Crippen LogP contribution >= 0.6 is 27.5 Å². The van der Waals surface area contributed by atoms with Crippen LogP contribution in [0.5, 0.6) is 11.8 Å². The summed E-state index contributed by atoms with van der Waals surface area (Å²) in [6, 6.07) is 5.70. The van der Waals surface area contributed by atoms with Gasteiger partial charge >= 0.3 is 6.01 Å². The molecule has 112 valence electrons. The van der Waals surface area contributed by atoms with E-state index in [0.29, 0.717) is 11.7 Å². The van der Waals surface area contributed by atoms with Crippen molar-refractivity contribution in [2.24, 2.45) is 0 Å². The number of aromatic nitrogens is 3. The summed E-state index contributed by atoms with van der Waals surface area (Å²) in [6.07, 6.45) is -0.0534. The van der Waals surface area contributed by atoms with Crippen LogP contribution in [0.3, 0.4) is 0 Å². The molecule has 0 aliphatic rings. The monoisotopic (exact) mass is 372 g/mol. The van der Waals surface area contributed by atoms with Gasteiger partial charge in [-0.05, 0) is 37.6 Å². The van der Waals surface area contributed by atoms with Crippen LogP contribution in [0, 0.1) is 0 Å². The Hall–Kier alpha value is -1.60. The highest BCUT2D eigenvalue weighted by Gasteiger charge is 2.09. The van der Waals surface area contributed by atoms with Crippen LogP contribution < -0.4 is 14.8 Å². The molecule has 2 rings (SSSR count). The lowest BCUT2D eigenvalue weighted by Crippen LogP contribution is -2.10. The van der Waals surface area contributed by atoms with Crippen LogP contribution in [0.1, 0.15) is 13.8 Å². The quantitative estimate of drug-likeness (QED) is 0.859. The second-order valence-electron chi connectivity index (χ2n) is 4.38. The summed E-state index contributed by atoms with van der Waals surface area (Å²) in [5.74, 6) is 0.997. The van der Waals surface area contributed by atoms with Crippen LogP contribution in [-0.2, 0) is 0 Å². The van der Waals surface area contributed by atoms with E-state index < -0.39 is 0 Å². The zero-order chi connectivity index (χ0) is 15.4. The third-order valence-electron chi connectivity index (χ3n) is 2.29. The van der Waals surface area contributed by atoms with Crippen molar-refractivity contribution < 1.29 is 9.47 Å². The highest BCUT2D eigenvalue weighted by atomic mass is 79.9. The molecule has 0 amide bonds. The van der Waals surface area contributed by atoms with Crippen molar-refractivity contribution in [3.05, 3.63) is 28.0 Å². The number of anilines is 2. The third kappa shape index (κ3) is 4.71. The Kier molecular flexibility index (Phi) is 5.19. The minimum Gasteiger partial charge on any atom is -0.497 e. The van der Waals surface area contributed by atoms with Gasteiger partial charge in [0.2, 0.25) is 11.2 Å². The van der Waals surface area contributed by atoms with Crippen molar-refractivity contribution in [2.45, 2.75) is 20.0 Å². The number of methoxy groups -OCH3 is 1. The molecule has 0 fully saturated rings. The van der Waals surface area contributed by atoms with Gasteiger partial charge in [0.25, 0.3) is 0 Å².